The summed E-state index contributed by atoms with van der Waals surface area (Å²) >= 11 is 0. The molecule has 16 heteroatoms. The van der Waals surface area contributed by atoms with E-state index in [0.717, 1.165) is 11.1 Å². The number of carboxylic acid groups (broad SMARTS) is 1. The van der Waals surface area contributed by atoms with E-state index in [-0.39, 0.29) is 42.4 Å². The molecule has 5 N–H and O–H groups in total. The van der Waals surface area contributed by atoms with Gasteiger partial charge in [0.2, 0.25) is 17.7 Å². The average Bonchev–Trinajstić information content (AvgIpc) is 4.00. The first-order valence-electron chi connectivity index (χ1n) is 20.6. The number of aromatic amines is 1. The minimum atomic E-state index is -1.29. The molecule has 5 atom stereocenters. The summed E-state index contributed by atoms with van der Waals surface area (Å²) in [5, 5.41) is 17.3. The van der Waals surface area contributed by atoms with Crippen LogP contribution in [0.2, 0.25) is 0 Å². The minimum absolute atomic E-state index is 0.240. The van der Waals surface area contributed by atoms with Crippen molar-refractivity contribution in [2.24, 2.45) is 11.8 Å². The Kier molecular flexibility index (Phi) is 13.3. The number of imidazole rings is 1. The Morgan fingerprint density at radius 3 is 2.29 bits per heavy atom. The van der Waals surface area contributed by atoms with E-state index in [0.29, 0.717) is 69.8 Å². The van der Waals surface area contributed by atoms with Gasteiger partial charge in [0.25, 0.3) is 0 Å². The van der Waals surface area contributed by atoms with Crippen LogP contribution in [0.3, 0.4) is 0 Å². The highest BCUT2D eigenvalue weighted by Gasteiger charge is 2.53. The fourth-order valence-corrected chi connectivity index (χ4v) is 9.05. The number of aromatic nitrogens is 2. The molecule has 4 aliphatic rings. The Morgan fingerprint density at radius 2 is 1.66 bits per heavy atom. The van der Waals surface area contributed by atoms with Crippen LogP contribution in [0.25, 0.3) is 5.57 Å². The Bertz CT molecular complexity index is 1950. The molecule has 318 valence electrons. The van der Waals surface area contributed by atoms with Gasteiger partial charge in [0.05, 0.1) is 30.8 Å². The number of ketones is 1. The molecule has 2 aromatic rings. The molecule has 16 nitrogen and oxygen atoms in total. The number of H-pyrrole nitrogens is 1. The monoisotopic (exact) mass is 815 g/mol. The summed E-state index contributed by atoms with van der Waals surface area (Å²) in [7, 11) is 1.23. The normalized spacial score (nSPS) is 23.5. The molecule has 3 aliphatic heterocycles. The van der Waals surface area contributed by atoms with Crippen LogP contribution in [0.5, 0.6) is 0 Å². The maximum atomic E-state index is 14.7. The van der Waals surface area contributed by atoms with Crippen molar-refractivity contribution >= 4 is 41.3 Å². The zero-order valence-corrected chi connectivity index (χ0v) is 34.5. The van der Waals surface area contributed by atoms with Crippen molar-refractivity contribution in [2.45, 2.75) is 108 Å². The third-order valence-corrected chi connectivity index (χ3v) is 12.4. The number of carbonyl (C=O) groups excluding carboxylic acids is 5. The van der Waals surface area contributed by atoms with Gasteiger partial charge in [-0.25, -0.2) is 14.6 Å². The fraction of sp³-hybridized carbons (Fsp3) is 0.558. The van der Waals surface area contributed by atoms with Gasteiger partial charge in [-0.05, 0) is 67.9 Å². The lowest BCUT2D eigenvalue weighted by Crippen LogP contribution is -2.62. The predicted octanol–water partition coefficient (Wildman–Crippen LogP) is 4.25. The Hall–Kier alpha value is -5.51. The van der Waals surface area contributed by atoms with Crippen LogP contribution in [-0.4, -0.2) is 118 Å². The van der Waals surface area contributed by atoms with Crippen molar-refractivity contribution in [1.29, 1.82) is 0 Å². The summed E-state index contributed by atoms with van der Waals surface area (Å²) in [6.07, 6.45) is 8.87. The van der Waals surface area contributed by atoms with Gasteiger partial charge in [0.15, 0.2) is 5.78 Å². The highest BCUT2D eigenvalue weighted by atomic mass is 16.5. The predicted molar refractivity (Wildman–Crippen MR) is 217 cm³/mol. The fourth-order valence-electron chi connectivity index (χ4n) is 9.05. The molecule has 59 heavy (non-hydrogen) atoms. The SMILES string of the molecule is COC(=O)N[C@H](C(=O)N1C(C(=O)NCC(=O)C2(c3c[nH]c([C@@H]4CCCN4C(=O)[C@@H](NC(=O)O)C(C)C)n3)C=CC(c3ccccc3)=CC2)CCC12CCOCC2)C(C)C. The number of hydrogen-bond acceptors (Lipinski definition) is 9. The first-order chi connectivity index (χ1) is 28.2. The highest BCUT2D eigenvalue weighted by Crippen LogP contribution is 2.43. The number of nitrogens with zero attached hydrogens (tertiary/aromatic N) is 3. The largest absolute Gasteiger partial charge is 0.465 e. The molecule has 2 unspecified atom stereocenters. The number of carbonyl (C=O) groups is 6. The van der Waals surface area contributed by atoms with E-state index in [1.807, 2.05) is 62.4 Å². The summed E-state index contributed by atoms with van der Waals surface area (Å²) < 4.78 is 10.5. The second-order valence-electron chi connectivity index (χ2n) is 16.7. The number of Topliss-reactive ketones (excluding diaryl/α,β-unsaturated/α-hetero) is 1. The van der Waals surface area contributed by atoms with Crippen molar-refractivity contribution in [2.75, 3.05) is 33.4 Å². The van der Waals surface area contributed by atoms with Gasteiger partial charge in [-0.2, -0.15) is 0 Å². The third kappa shape index (κ3) is 8.92. The quantitative estimate of drug-likeness (QED) is 0.194. The number of alkyl carbamates (subject to hydrolysis) is 1. The second-order valence-corrected chi connectivity index (χ2v) is 16.7. The molecule has 3 fully saturated rings. The molecule has 0 radical (unpaired) electrons. The summed E-state index contributed by atoms with van der Waals surface area (Å²) in [5.41, 5.74) is 0.388. The summed E-state index contributed by atoms with van der Waals surface area (Å²) in [5.74, 6) is -1.63. The molecule has 3 saturated heterocycles. The molecular formula is C43H57N7O9. The maximum Gasteiger partial charge on any atom is 0.407 e. The van der Waals surface area contributed by atoms with E-state index in [2.05, 4.69) is 20.9 Å². The van der Waals surface area contributed by atoms with Crippen LogP contribution in [0, 0.1) is 11.8 Å². The molecule has 1 aromatic carbocycles. The number of likely N-dealkylation sites (tertiary alicyclic amines) is 2. The number of hydrogen-bond donors (Lipinski definition) is 5. The molecule has 1 aliphatic carbocycles. The zero-order chi connectivity index (χ0) is 42.5. The van der Waals surface area contributed by atoms with Gasteiger partial charge in [-0.3, -0.25) is 19.2 Å². The molecule has 0 bridgehead atoms. The van der Waals surface area contributed by atoms with E-state index in [1.54, 1.807) is 29.8 Å². The summed E-state index contributed by atoms with van der Waals surface area (Å²) in [6.45, 7) is 8.12. The molecule has 6 rings (SSSR count). The van der Waals surface area contributed by atoms with Crippen LogP contribution in [0.15, 0.2) is 54.8 Å². The average molecular weight is 816 g/mol. The first-order valence-corrected chi connectivity index (χ1v) is 20.6. The molecule has 0 saturated carbocycles. The number of ether oxygens (including phenoxy) is 2. The van der Waals surface area contributed by atoms with E-state index >= 15 is 0 Å². The molecule has 1 spiro atoms. The van der Waals surface area contributed by atoms with Crippen LogP contribution in [0.1, 0.15) is 95.8 Å². The summed E-state index contributed by atoms with van der Waals surface area (Å²) in [6, 6.07) is 6.55. The van der Waals surface area contributed by atoms with E-state index < -0.39 is 53.2 Å². The van der Waals surface area contributed by atoms with Gasteiger partial charge in [-0.15, -0.1) is 0 Å². The Morgan fingerprint density at radius 1 is 0.966 bits per heavy atom. The van der Waals surface area contributed by atoms with Crippen LogP contribution >= 0.6 is 0 Å². The number of benzene rings is 1. The van der Waals surface area contributed by atoms with Crippen molar-refractivity contribution in [1.82, 2.24) is 35.7 Å². The maximum absolute atomic E-state index is 14.7. The smallest absolute Gasteiger partial charge is 0.407 e. The van der Waals surface area contributed by atoms with Crippen LogP contribution < -0.4 is 16.0 Å². The van der Waals surface area contributed by atoms with Gasteiger partial charge >= 0.3 is 12.2 Å². The van der Waals surface area contributed by atoms with Crippen molar-refractivity contribution in [3.05, 3.63) is 71.8 Å². The highest BCUT2D eigenvalue weighted by molar-refractivity contribution is 5.99. The molecular weight excluding hydrogens is 759 g/mol. The Labute approximate surface area is 344 Å². The molecule has 5 amide bonds. The number of amides is 5. The zero-order valence-electron chi connectivity index (χ0n) is 34.5. The van der Waals surface area contributed by atoms with Gasteiger partial charge in [-0.1, -0.05) is 76.3 Å². The second kappa shape index (κ2) is 18.2. The lowest BCUT2D eigenvalue weighted by molar-refractivity contribution is -0.150. The summed E-state index contributed by atoms with van der Waals surface area (Å²) in [4.78, 5) is 92.3. The van der Waals surface area contributed by atoms with E-state index in [9.17, 15) is 33.9 Å². The lowest BCUT2D eigenvalue weighted by Gasteiger charge is -2.45. The van der Waals surface area contributed by atoms with E-state index in [1.165, 1.54) is 7.11 Å². The number of rotatable bonds is 13. The molecule has 4 heterocycles. The number of allylic oxidation sites excluding steroid dienone is 4. The lowest BCUT2D eigenvalue weighted by atomic mass is 9.73. The standard InChI is InChI=1S/C43H57N7O9/c1-26(2)34(47-40(55)56)38(53)49-21-9-12-30(49)36-44-24-32(46-36)43(17-13-29(14-18-43)28-10-7-6-8-11-28)33(51)25-45-37(52)31-15-16-42(19-22-59-23-20-42)50(31)39(54)35(27(3)4)48-41(57)58-5/h6-8,10-11,13-14,17,24,26-27,30-31,34-35,47H,9,12,15-16,18-23,25H2,1-5H3,(H,44,46)(H,45,52)(H,48,57)(H,55,56)/t30-,31?,34-,35-,43?/m0/s1. The first kappa shape index (κ1) is 43.1. The Balaban J connectivity index is 1.26. The van der Waals surface area contributed by atoms with Gasteiger partial charge < -0.3 is 45.3 Å². The third-order valence-electron chi connectivity index (χ3n) is 12.4. The van der Waals surface area contributed by atoms with Gasteiger partial charge in [0, 0.05) is 31.5 Å². The van der Waals surface area contributed by atoms with Crippen molar-refractivity contribution < 1.29 is 43.3 Å². The van der Waals surface area contributed by atoms with Crippen molar-refractivity contribution in [3.8, 4) is 0 Å². The number of nitrogens with one attached hydrogen (secondary N) is 4. The van der Waals surface area contributed by atoms with Crippen LogP contribution in [0.4, 0.5) is 9.59 Å². The van der Waals surface area contributed by atoms with E-state index in [4.69, 9.17) is 14.5 Å². The number of methoxy groups -OCH3 is 1. The van der Waals surface area contributed by atoms with Gasteiger partial charge in [0.1, 0.15) is 23.9 Å². The molecule has 1 aromatic heterocycles. The van der Waals surface area contributed by atoms with Crippen molar-refractivity contribution in [3.63, 3.8) is 0 Å². The topological polar surface area (TPSA) is 212 Å². The minimum Gasteiger partial charge on any atom is -0.465 e. The van der Waals surface area contributed by atoms with Crippen LogP contribution in [-0.2, 0) is 34.1 Å².